The molecule has 6 heteroatoms. The first-order chi connectivity index (χ1) is 42.0. The van der Waals surface area contributed by atoms with Crippen molar-refractivity contribution in [3.8, 4) is 0 Å². The van der Waals surface area contributed by atoms with E-state index in [4.69, 9.17) is 4.74 Å². The summed E-state index contributed by atoms with van der Waals surface area (Å²) in [6.45, 7) is 4.96. The summed E-state index contributed by atoms with van der Waals surface area (Å²) < 4.78 is 5.51. The summed E-state index contributed by atoms with van der Waals surface area (Å²) in [5, 5.41) is 23.3. The second-order valence-electron chi connectivity index (χ2n) is 27.0. The highest BCUT2D eigenvalue weighted by atomic mass is 16.5. The van der Waals surface area contributed by atoms with Crippen molar-refractivity contribution >= 4 is 11.9 Å². The molecule has 0 aromatic heterocycles. The van der Waals surface area contributed by atoms with Gasteiger partial charge in [-0.15, -0.1) is 0 Å². The van der Waals surface area contributed by atoms with E-state index in [-0.39, 0.29) is 18.5 Å². The van der Waals surface area contributed by atoms with Crippen LogP contribution in [0.4, 0.5) is 0 Å². The van der Waals surface area contributed by atoms with E-state index in [0.717, 1.165) is 38.5 Å². The van der Waals surface area contributed by atoms with E-state index >= 15 is 0 Å². The molecule has 0 bridgehead atoms. The number of aliphatic hydroxyl groups excluding tert-OH is 2. The van der Waals surface area contributed by atoms with E-state index in [0.29, 0.717) is 19.4 Å². The first kappa shape index (κ1) is 83.3. The molecule has 2 atom stereocenters. The van der Waals surface area contributed by atoms with Gasteiger partial charge in [0.15, 0.2) is 0 Å². The minimum atomic E-state index is -0.844. The van der Waals surface area contributed by atoms with Gasteiger partial charge in [0.2, 0.25) is 5.91 Å². The number of aliphatic hydroxyl groups is 2. The number of nitrogens with one attached hydrogen (secondary N) is 1. The topological polar surface area (TPSA) is 95.9 Å². The van der Waals surface area contributed by atoms with Gasteiger partial charge in [-0.05, 0) is 57.8 Å². The summed E-state index contributed by atoms with van der Waals surface area (Å²) >= 11 is 0. The highest BCUT2D eigenvalue weighted by molar-refractivity contribution is 5.76. The normalized spacial score (nSPS) is 12.6. The lowest BCUT2D eigenvalue weighted by Gasteiger charge is -2.20. The predicted octanol–water partition coefficient (Wildman–Crippen LogP) is 25.7. The molecule has 0 heterocycles. The lowest BCUT2D eigenvalue weighted by Crippen LogP contribution is -2.45. The first-order valence-electron chi connectivity index (χ1n) is 39.1. The van der Waals surface area contributed by atoms with Crippen LogP contribution in [0, 0.1) is 0 Å². The van der Waals surface area contributed by atoms with E-state index in [9.17, 15) is 19.8 Å². The molecule has 0 spiro atoms. The van der Waals surface area contributed by atoms with Crippen molar-refractivity contribution in [2.24, 2.45) is 0 Å². The Morgan fingerprint density at radius 3 is 0.835 bits per heavy atom. The van der Waals surface area contributed by atoms with E-state index in [2.05, 4.69) is 31.3 Å². The average molecular weight is 1200 g/mol. The van der Waals surface area contributed by atoms with Gasteiger partial charge < -0.3 is 20.3 Å². The maximum atomic E-state index is 12.5. The zero-order chi connectivity index (χ0) is 61.3. The molecular formula is C79H153NO5. The Bertz CT molecular complexity index is 1330. The van der Waals surface area contributed by atoms with Crippen molar-refractivity contribution in [1.29, 1.82) is 0 Å². The fourth-order valence-electron chi connectivity index (χ4n) is 12.5. The number of carbonyl (C=O) groups is 2. The van der Waals surface area contributed by atoms with Crippen LogP contribution in [-0.2, 0) is 14.3 Å². The van der Waals surface area contributed by atoms with Gasteiger partial charge in [-0.2, -0.15) is 0 Å². The van der Waals surface area contributed by atoms with Gasteiger partial charge in [0.25, 0.3) is 0 Å². The molecule has 3 N–H and O–H groups in total. The van der Waals surface area contributed by atoms with Crippen LogP contribution in [0.2, 0.25) is 0 Å². The Labute approximate surface area is 532 Å². The number of rotatable bonds is 74. The third kappa shape index (κ3) is 71.3. The van der Waals surface area contributed by atoms with Crippen molar-refractivity contribution in [1.82, 2.24) is 5.32 Å². The Hall–Kier alpha value is -1.66. The van der Waals surface area contributed by atoms with Crippen molar-refractivity contribution < 1.29 is 24.5 Å². The maximum Gasteiger partial charge on any atom is 0.305 e. The second kappa shape index (κ2) is 74.8. The van der Waals surface area contributed by atoms with Crippen LogP contribution in [-0.4, -0.2) is 47.4 Å². The van der Waals surface area contributed by atoms with Gasteiger partial charge in [0, 0.05) is 12.8 Å². The molecule has 85 heavy (non-hydrogen) atoms. The zero-order valence-corrected chi connectivity index (χ0v) is 57.9. The summed E-state index contributed by atoms with van der Waals surface area (Å²) in [5.74, 6) is -0.0400. The van der Waals surface area contributed by atoms with Crippen LogP contribution in [0.25, 0.3) is 0 Å². The summed E-state index contributed by atoms with van der Waals surface area (Å²) in [7, 11) is 0. The van der Waals surface area contributed by atoms with Gasteiger partial charge in [0.05, 0.1) is 25.4 Å². The summed E-state index contributed by atoms with van der Waals surface area (Å²) in [6, 6.07) is -0.628. The fraction of sp³-hybridized carbons (Fsp3) is 0.924. The number of allylic oxidation sites excluding steroid dienone is 3. The molecule has 0 rings (SSSR count). The van der Waals surface area contributed by atoms with E-state index in [1.54, 1.807) is 6.08 Å². The predicted molar refractivity (Wildman–Crippen MR) is 375 cm³/mol. The van der Waals surface area contributed by atoms with Crippen LogP contribution < -0.4 is 5.32 Å². The number of hydrogen-bond acceptors (Lipinski definition) is 5. The molecule has 0 aliphatic rings. The molecule has 0 fully saturated rings. The van der Waals surface area contributed by atoms with Crippen molar-refractivity contribution in [2.45, 2.75) is 456 Å². The quantitative estimate of drug-likeness (QED) is 0.0320. The molecule has 0 radical (unpaired) electrons. The standard InChI is InChI=1S/C79H153NO5/c1-3-5-7-9-11-13-15-17-19-21-22-33-36-40-43-47-51-55-59-63-67-71-77(82)76(75-81)80-78(83)72-68-64-60-56-52-48-44-41-37-34-31-29-27-25-23-24-26-28-30-32-35-38-42-46-50-54-58-62-66-70-74-85-79(84)73-69-65-61-57-53-49-45-39-20-18-16-14-12-10-8-6-4-2/h24,26,67,71,76-77,81-82H,3-23,25,27-66,68-70,72-75H2,1-2H3,(H,80,83)/b26-24-,71-67+. The van der Waals surface area contributed by atoms with Gasteiger partial charge >= 0.3 is 5.97 Å². The third-order valence-corrected chi connectivity index (χ3v) is 18.5. The van der Waals surface area contributed by atoms with Crippen LogP contribution in [0.5, 0.6) is 0 Å². The number of amides is 1. The Morgan fingerprint density at radius 2 is 0.553 bits per heavy atom. The molecule has 0 aliphatic carbocycles. The highest BCUT2D eigenvalue weighted by Crippen LogP contribution is 2.20. The molecule has 0 saturated heterocycles. The highest BCUT2D eigenvalue weighted by Gasteiger charge is 2.18. The Kier molecular flexibility index (Phi) is 73.3. The fourth-order valence-corrected chi connectivity index (χ4v) is 12.5. The molecule has 0 aliphatic heterocycles. The lowest BCUT2D eigenvalue weighted by atomic mass is 10.0. The van der Waals surface area contributed by atoms with Gasteiger partial charge in [-0.1, -0.05) is 398 Å². The SMILES string of the molecule is CCCCCCCCCCCCCCCCCCCCC/C=C/C(O)C(CO)NC(=O)CCCCCCCCCCCCCCCC/C=C\CCCCCCCCCCCCCCOC(=O)CCCCCCCCCCCCCCCCCCC. The third-order valence-electron chi connectivity index (χ3n) is 18.5. The number of esters is 1. The lowest BCUT2D eigenvalue weighted by molar-refractivity contribution is -0.143. The number of hydrogen-bond donors (Lipinski definition) is 3. The summed E-state index contributed by atoms with van der Waals surface area (Å²) in [5.41, 5.74) is 0. The van der Waals surface area contributed by atoms with Crippen LogP contribution in [0.1, 0.15) is 444 Å². The summed E-state index contributed by atoms with van der Waals surface area (Å²) in [4.78, 5) is 24.6. The molecule has 0 aromatic carbocycles. The largest absolute Gasteiger partial charge is 0.466 e. The van der Waals surface area contributed by atoms with Crippen LogP contribution in [0.3, 0.4) is 0 Å². The van der Waals surface area contributed by atoms with Gasteiger partial charge in [-0.3, -0.25) is 9.59 Å². The number of unbranched alkanes of at least 4 members (excludes halogenated alkanes) is 61. The van der Waals surface area contributed by atoms with Crippen molar-refractivity contribution in [3.63, 3.8) is 0 Å². The van der Waals surface area contributed by atoms with Crippen LogP contribution in [0.15, 0.2) is 24.3 Å². The zero-order valence-electron chi connectivity index (χ0n) is 57.9. The summed E-state index contributed by atoms with van der Waals surface area (Å²) in [6.07, 6.45) is 95.8. The van der Waals surface area contributed by atoms with Crippen molar-refractivity contribution in [3.05, 3.63) is 24.3 Å². The van der Waals surface area contributed by atoms with E-state index in [1.165, 1.54) is 379 Å². The minimum Gasteiger partial charge on any atom is -0.466 e. The van der Waals surface area contributed by atoms with Crippen molar-refractivity contribution in [2.75, 3.05) is 13.2 Å². The van der Waals surface area contributed by atoms with Crippen LogP contribution >= 0.6 is 0 Å². The van der Waals surface area contributed by atoms with Gasteiger partial charge in [0.1, 0.15) is 0 Å². The number of ether oxygens (including phenoxy) is 1. The molecule has 2 unspecified atom stereocenters. The smallest absolute Gasteiger partial charge is 0.305 e. The molecule has 504 valence electrons. The molecular weight excluding hydrogens is 1040 g/mol. The Morgan fingerprint density at radius 1 is 0.318 bits per heavy atom. The minimum absolute atomic E-state index is 0.0218. The molecule has 0 aromatic rings. The average Bonchev–Trinajstić information content (AvgIpc) is 3.51. The second-order valence-corrected chi connectivity index (χ2v) is 27.0. The van der Waals surface area contributed by atoms with Gasteiger partial charge in [-0.25, -0.2) is 0 Å². The number of carbonyl (C=O) groups excluding carboxylic acids is 2. The maximum absolute atomic E-state index is 12.5. The first-order valence-corrected chi connectivity index (χ1v) is 39.1. The molecule has 6 nitrogen and oxygen atoms in total. The van der Waals surface area contributed by atoms with E-state index in [1.807, 2.05) is 6.08 Å². The molecule has 0 saturated carbocycles. The monoisotopic (exact) mass is 1200 g/mol. The van der Waals surface area contributed by atoms with E-state index < -0.39 is 12.1 Å². The Balaban J connectivity index is 3.37. The molecule has 1 amide bonds.